The van der Waals surface area contributed by atoms with Crippen LogP contribution in [0.4, 0.5) is 4.79 Å². The summed E-state index contributed by atoms with van der Waals surface area (Å²) in [6, 6.07) is 14.5. The van der Waals surface area contributed by atoms with E-state index in [-0.39, 0.29) is 19.1 Å². The van der Waals surface area contributed by atoms with Crippen molar-refractivity contribution >= 4 is 18.0 Å². The number of ether oxygens (including phenoxy) is 2. The predicted molar refractivity (Wildman–Crippen MR) is 112 cm³/mol. The molecule has 8 heteroatoms. The highest BCUT2D eigenvalue weighted by Crippen LogP contribution is 2.44. The Morgan fingerprint density at radius 3 is 2.32 bits per heavy atom. The molecule has 8 nitrogen and oxygen atoms in total. The van der Waals surface area contributed by atoms with Crippen molar-refractivity contribution in [2.24, 2.45) is 0 Å². The van der Waals surface area contributed by atoms with Crippen LogP contribution >= 0.6 is 0 Å². The van der Waals surface area contributed by atoms with Gasteiger partial charge in [0, 0.05) is 12.5 Å². The molecule has 1 heterocycles. The van der Waals surface area contributed by atoms with Crippen LogP contribution < -0.4 is 10.6 Å². The van der Waals surface area contributed by atoms with Crippen molar-refractivity contribution in [3.8, 4) is 11.1 Å². The maximum atomic E-state index is 12.5. The first-order valence-corrected chi connectivity index (χ1v) is 10.2. The molecule has 1 aliphatic heterocycles. The maximum Gasteiger partial charge on any atom is 0.407 e. The maximum absolute atomic E-state index is 12.5. The van der Waals surface area contributed by atoms with E-state index in [1.54, 1.807) is 0 Å². The van der Waals surface area contributed by atoms with Crippen LogP contribution in [0.25, 0.3) is 11.1 Å². The van der Waals surface area contributed by atoms with E-state index in [1.807, 2.05) is 36.4 Å². The Bertz CT molecular complexity index is 962. The van der Waals surface area contributed by atoms with E-state index in [1.165, 1.54) is 6.92 Å². The van der Waals surface area contributed by atoms with Crippen molar-refractivity contribution in [1.29, 1.82) is 0 Å². The SMILES string of the molecule is C[C@@H](NC(=O)C1OCCC1NC(=O)OCC1c2ccccc2-c2ccccc21)C(=O)O. The number of carboxylic acid groups (broad SMARTS) is 1. The first-order valence-electron chi connectivity index (χ1n) is 10.2. The van der Waals surface area contributed by atoms with Gasteiger partial charge in [0.25, 0.3) is 5.91 Å². The van der Waals surface area contributed by atoms with Gasteiger partial charge in [0.1, 0.15) is 12.6 Å². The second-order valence-electron chi connectivity index (χ2n) is 7.72. The van der Waals surface area contributed by atoms with Gasteiger partial charge in [0.2, 0.25) is 0 Å². The Kier molecular flexibility index (Phi) is 5.90. The van der Waals surface area contributed by atoms with Gasteiger partial charge in [-0.2, -0.15) is 0 Å². The lowest BCUT2D eigenvalue weighted by Crippen LogP contribution is -2.51. The van der Waals surface area contributed by atoms with Crippen LogP contribution in [-0.4, -0.2) is 54.5 Å². The number of alkyl carbamates (subject to hydrolysis) is 1. The molecule has 0 radical (unpaired) electrons. The summed E-state index contributed by atoms with van der Waals surface area (Å²) in [4.78, 5) is 35.7. The number of carboxylic acids is 1. The predicted octanol–water partition coefficient (Wildman–Crippen LogP) is 2.27. The summed E-state index contributed by atoms with van der Waals surface area (Å²) < 4.78 is 10.9. The largest absolute Gasteiger partial charge is 0.480 e. The van der Waals surface area contributed by atoms with Gasteiger partial charge < -0.3 is 25.2 Å². The number of hydrogen-bond acceptors (Lipinski definition) is 5. The van der Waals surface area contributed by atoms with E-state index in [0.717, 1.165) is 22.3 Å². The van der Waals surface area contributed by atoms with Gasteiger partial charge in [0.05, 0.1) is 6.04 Å². The highest BCUT2D eigenvalue weighted by atomic mass is 16.6. The number of benzene rings is 2. The van der Waals surface area contributed by atoms with Crippen molar-refractivity contribution in [3.63, 3.8) is 0 Å². The Morgan fingerprint density at radius 2 is 1.71 bits per heavy atom. The third-order valence-corrected chi connectivity index (χ3v) is 5.73. The summed E-state index contributed by atoms with van der Waals surface area (Å²) in [5.41, 5.74) is 4.50. The fraction of sp³-hybridized carbons (Fsp3) is 0.348. The molecule has 4 rings (SSSR count). The van der Waals surface area contributed by atoms with Gasteiger partial charge in [-0.3, -0.25) is 9.59 Å². The number of hydrogen-bond donors (Lipinski definition) is 3. The smallest absolute Gasteiger partial charge is 0.407 e. The van der Waals surface area contributed by atoms with Crippen LogP contribution in [0.15, 0.2) is 48.5 Å². The normalized spacial score (nSPS) is 20.4. The fourth-order valence-corrected chi connectivity index (χ4v) is 4.14. The Labute approximate surface area is 179 Å². The lowest BCUT2D eigenvalue weighted by molar-refractivity contribution is -0.143. The molecule has 1 saturated heterocycles. The number of amides is 2. The van der Waals surface area contributed by atoms with Gasteiger partial charge in [0.15, 0.2) is 6.10 Å². The molecule has 2 amide bonds. The zero-order chi connectivity index (χ0) is 22.0. The molecular formula is C23H24N2O6. The van der Waals surface area contributed by atoms with E-state index < -0.39 is 36.2 Å². The van der Waals surface area contributed by atoms with Crippen LogP contribution in [0.1, 0.15) is 30.4 Å². The fourth-order valence-electron chi connectivity index (χ4n) is 4.14. The van der Waals surface area contributed by atoms with Gasteiger partial charge >= 0.3 is 12.1 Å². The van der Waals surface area contributed by atoms with E-state index >= 15 is 0 Å². The van der Waals surface area contributed by atoms with E-state index in [9.17, 15) is 14.4 Å². The van der Waals surface area contributed by atoms with Crippen molar-refractivity contribution in [1.82, 2.24) is 10.6 Å². The monoisotopic (exact) mass is 424 g/mol. The number of fused-ring (bicyclic) bond motifs is 3. The third-order valence-electron chi connectivity index (χ3n) is 5.73. The summed E-state index contributed by atoms with van der Waals surface area (Å²) in [6.45, 7) is 1.82. The van der Waals surface area contributed by atoms with Gasteiger partial charge in [-0.15, -0.1) is 0 Å². The second-order valence-corrected chi connectivity index (χ2v) is 7.72. The number of nitrogens with one attached hydrogen (secondary N) is 2. The van der Waals surface area contributed by atoms with E-state index in [0.29, 0.717) is 6.42 Å². The zero-order valence-electron chi connectivity index (χ0n) is 17.0. The quantitative estimate of drug-likeness (QED) is 0.656. The summed E-state index contributed by atoms with van der Waals surface area (Å²) in [6.07, 6.45) is -1.16. The molecule has 2 aliphatic rings. The van der Waals surface area contributed by atoms with Crippen molar-refractivity contribution < 1.29 is 29.0 Å². The molecule has 162 valence electrons. The summed E-state index contributed by atoms with van der Waals surface area (Å²) in [7, 11) is 0. The first kappa shape index (κ1) is 20.9. The molecular weight excluding hydrogens is 400 g/mol. The highest BCUT2D eigenvalue weighted by Gasteiger charge is 2.37. The number of carbonyl (C=O) groups is 3. The van der Waals surface area contributed by atoms with Crippen molar-refractivity contribution in [2.45, 2.75) is 37.5 Å². The minimum absolute atomic E-state index is 0.0616. The molecule has 2 aromatic rings. The second kappa shape index (κ2) is 8.77. The Hall–Kier alpha value is -3.39. The first-order chi connectivity index (χ1) is 15.0. The number of carbonyl (C=O) groups excluding carboxylic acids is 2. The van der Waals surface area contributed by atoms with Crippen LogP contribution in [0, 0.1) is 0 Å². The molecule has 31 heavy (non-hydrogen) atoms. The van der Waals surface area contributed by atoms with Crippen molar-refractivity contribution in [2.75, 3.05) is 13.2 Å². The standard InChI is InChI=1S/C23H24N2O6/c1-13(22(27)28)24-21(26)20-19(10-11-30-20)25-23(29)31-12-18-16-8-4-2-6-14(16)15-7-3-5-9-17(15)18/h2-9,13,18-20H,10-12H2,1H3,(H,24,26)(H,25,29)(H,27,28)/t13-,19?,20?/m1/s1. The Balaban J connectivity index is 1.37. The molecule has 2 aromatic carbocycles. The third kappa shape index (κ3) is 4.25. The minimum Gasteiger partial charge on any atom is -0.480 e. The minimum atomic E-state index is -1.15. The molecule has 1 aliphatic carbocycles. The summed E-state index contributed by atoms with van der Waals surface area (Å²) in [5, 5.41) is 14.0. The molecule has 1 fully saturated rings. The molecule has 0 saturated carbocycles. The lowest BCUT2D eigenvalue weighted by Gasteiger charge is -2.21. The average Bonchev–Trinajstić information content (AvgIpc) is 3.34. The Morgan fingerprint density at radius 1 is 1.10 bits per heavy atom. The van der Waals surface area contributed by atoms with Crippen LogP contribution in [-0.2, 0) is 19.1 Å². The van der Waals surface area contributed by atoms with Gasteiger partial charge in [-0.1, -0.05) is 48.5 Å². The average molecular weight is 424 g/mol. The molecule has 0 aromatic heterocycles. The summed E-state index contributed by atoms with van der Waals surface area (Å²) >= 11 is 0. The van der Waals surface area contributed by atoms with Crippen molar-refractivity contribution in [3.05, 3.63) is 59.7 Å². The van der Waals surface area contributed by atoms with Crippen LogP contribution in [0.5, 0.6) is 0 Å². The van der Waals surface area contributed by atoms with E-state index in [4.69, 9.17) is 14.6 Å². The van der Waals surface area contributed by atoms with Crippen LogP contribution in [0.3, 0.4) is 0 Å². The van der Waals surface area contributed by atoms with Gasteiger partial charge in [-0.05, 0) is 35.6 Å². The zero-order valence-corrected chi connectivity index (χ0v) is 17.0. The molecule has 0 spiro atoms. The molecule has 2 unspecified atom stereocenters. The summed E-state index contributed by atoms with van der Waals surface area (Å²) in [5.74, 6) is -1.78. The highest BCUT2D eigenvalue weighted by molar-refractivity contribution is 5.87. The topological polar surface area (TPSA) is 114 Å². The molecule has 3 atom stereocenters. The molecule has 3 N–H and O–H groups in total. The lowest BCUT2D eigenvalue weighted by atomic mass is 9.98. The van der Waals surface area contributed by atoms with Crippen LogP contribution in [0.2, 0.25) is 0 Å². The van der Waals surface area contributed by atoms with Gasteiger partial charge in [-0.25, -0.2) is 4.79 Å². The molecule has 0 bridgehead atoms. The number of rotatable bonds is 6. The number of aliphatic carboxylic acids is 1. The van der Waals surface area contributed by atoms with E-state index in [2.05, 4.69) is 22.8 Å².